The highest BCUT2D eigenvalue weighted by Crippen LogP contribution is 2.30. The van der Waals surface area contributed by atoms with Gasteiger partial charge in [0.15, 0.2) is 0 Å². The molecule has 0 radical (unpaired) electrons. The number of aromatic amines is 1. The molecule has 2 heteroatoms. The Kier molecular flexibility index (Phi) is 4.41. The Bertz CT molecular complexity index is 543. The molecule has 108 valence electrons. The minimum atomic E-state index is 0.948. The highest BCUT2D eigenvalue weighted by molar-refractivity contribution is 5.79. The summed E-state index contributed by atoms with van der Waals surface area (Å²) in [4.78, 5) is 3.28. The molecule has 0 spiro atoms. The summed E-state index contributed by atoms with van der Waals surface area (Å²) >= 11 is 0. The standard InChI is InChI=1S/C18H26N2/c1-14-3-2-4-15(11-14)7-9-19-13-16-5-6-17-8-10-20-18(17)12-16/h5-6,8,10,12,14-15,19-20H,2-4,7,9,11,13H2,1H3. The molecule has 20 heavy (non-hydrogen) atoms. The Morgan fingerprint density at radius 2 is 2.20 bits per heavy atom. The predicted octanol–water partition coefficient (Wildman–Crippen LogP) is 4.47. The fourth-order valence-corrected chi connectivity index (χ4v) is 3.57. The maximum Gasteiger partial charge on any atom is 0.0457 e. The second-order valence-electron chi connectivity index (χ2n) is 6.50. The largest absolute Gasteiger partial charge is 0.361 e. The number of nitrogens with one attached hydrogen (secondary N) is 2. The number of aromatic nitrogens is 1. The summed E-state index contributed by atoms with van der Waals surface area (Å²) in [6.45, 7) is 4.54. The van der Waals surface area contributed by atoms with Crippen molar-refractivity contribution in [3.8, 4) is 0 Å². The van der Waals surface area contributed by atoms with Gasteiger partial charge in [-0.05, 0) is 54.3 Å². The molecule has 1 saturated carbocycles. The van der Waals surface area contributed by atoms with Gasteiger partial charge in [-0.2, -0.15) is 0 Å². The quantitative estimate of drug-likeness (QED) is 0.771. The fourth-order valence-electron chi connectivity index (χ4n) is 3.57. The van der Waals surface area contributed by atoms with E-state index in [-0.39, 0.29) is 0 Å². The van der Waals surface area contributed by atoms with Crippen molar-refractivity contribution < 1.29 is 0 Å². The summed E-state index contributed by atoms with van der Waals surface area (Å²) in [5, 5.41) is 4.90. The van der Waals surface area contributed by atoms with Crippen LogP contribution in [0.3, 0.4) is 0 Å². The van der Waals surface area contributed by atoms with Gasteiger partial charge in [-0.25, -0.2) is 0 Å². The lowest BCUT2D eigenvalue weighted by Crippen LogP contribution is -2.21. The molecule has 2 aromatic rings. The molecule has 2 nitrogen and oxygen atoms in total. The van der Waals surface area contributed by atoms with Crippen molar-refractivity contribution in [1.82, 2.24) is 10.3 Å². The van der Waals surface area contributed by atoms with E-state index in [1.54, 1.807) is 0 Å². The molecule has 1 heterocycles. The van der Waals surface area contributed by atoms with Crippen LogP contribution in [0, 0.1) is 11.8 Å². The number of benzene rings is 1. The van der Waals surface area contributed by atoms with E-state index in [2.05, 4.69) is 41.5 Å². The summed E-state index contributed by atoms with van der Waals surface area (Å²) in [5.41, 5.74) is 2.61. The van der Waals surface area contributed by atoms with Crippen LogP contribution in [0.2, 0.25) is 0 Å². The molecule has 0 amide bonds. The van der Waals surface area contributed by atoms with Crippen LogP contribution >= 0.6 is 0 Å². The average Bonchev–Trinajstić information content (AvgIpc) is 2.91. The zero-order chi connectivity index (χ0) is 13.8. The molecule has 1 aliphatic carbocycles. The fraction of sp³-hybridized carbons (Fsp3) is 0.556. The minimum Gasteiger partial charge on any atom is -0.361 e. The van der Waals surface area contributed by atoms with Gasteiger partial charge in [0.1, 0.15) is 0 Å². The molecule has 1 aromatic heterocycles. The Morgan fingerprint density at radius 1 is 1.25 bits per heavy atom. The lowest BCUT2D eigenvalue weighted by molar-refractivity contribution is 0.267. The molecule has 1 aromatic carbocycles. The van der Waals surface area contributed by atoms with E-state index in [0.717, 1.165) is 24.9 Å². The van der Waals surface area contributed by atoms with Crippen molar-refractivity contribution in [2.75, 3.05) is 6.54 Å². The normalized spacial score (nSPS) is 23.2. The van der Waals surface area contributed by atoms with E-state index in [4.69, 9.17) is 0 Å². The summed E-state index contributed by atoms with van der Waals surface area (Å²) in [6.07, 6.45) is 9.12. The van der Waals surface area contributed by atoms with E-state index >= 15 is 0 Å². The number of H-pyrrole nitrogens is 1. The van der Waals surface area contributed by atoms with Gasteiger partial charge in [0.05, 0.1) is 0 Å². The molecule has 2 atom stereocenters. The van der Waals surface area contributed by atoms with Gasteiger partial charge < -0.3 is 10.3 Å². The molecule has 3 rings (SSSR count). The number of hydrogen-bond acceptors (Lipinski definition) is 1. The zero-order valence-electron chi connectivity index (χ0n) is 12.5. The molecular formula is C18H26N2. The van der Waals surface area contributed by atoms with E-state index in [0.29, 0.717) is 0 Å². The maximum absolute atomic E-state index is 3.61. The van der Waals surface area contributed by atoms with Crippen LogP contribution in [0.25, 0.3) is 10.9 Å². The molecule has 0 bridgehead atoms. The molecule has 0 aliphatic heterocycles. The molecule has 0 saturated heterocycles. The van der Waals surface area contributed by atoms with Crippen LogP contribution < -0.4 is 5.32 Å². The van der Waals surface area contributed by atoms with Crippen LogP contribution in [0.15, 0.2) is 30.5 Å². The smallest absolute Gasteiger partial charge is 0.0457 e. The zero-order valence-corrected chi connectivity index (χ0v) is 12.5. The number of hydrogen-bond donors (Lipinski definition) is 2. The Balaban J connectivity index is 1.43. The molecule has 2 unspecified atom stereocenters. The van der Waals surface area contributed by atoms with Crippen molar-refractivity contribution in [3.05, 3.63) is 36.0 Å². The first-order chi connectivity index (χ1) is 9.81. The second-order valence-corrected chi connectivity index (χ2v) is 6.50. The Hall–Kier alpha value is -1.28. The van der Waals surface area contributed by atoms with Gasteiger partial charge in [0.25, 0.3) is 0 Å². The van der Waals surface area contributed by atoms with Gasteiger partial charge in [-0.3, -0.25) is 0 Å². The molecule has 1 fully saturated rings. The van der Waals surface area contributed by atoms with Gasteiger partial charge in [-0.1, -0.05) is 38.3 Å². The summed E-state index contributed by atoms with van der Waals surface area (Å²) in [6, 6.07) is 8.80. The van der Waals surface area contributed by atoms with E-state index in [9.17, 15) is 0 Å². The highest BCUT2D eigenvalue weighted by Gasteiger charge is 2.17. The number of rotatable bonds is 5. The minimum absolute atomic E-state index is 0.948. The summed E-state index contributed by atoms with van der Waals surface area (Å²) < 4.78 is 0. The summed E-state index contributed by atoms with van der Waals surface area (Å²) in [5.74, 6) is 1.90. The van der Waals surface area contributed by atoms with Crippen molar-refractivity contribution in [3.63, 3.8) is 0 Å². The van der Waals surface area contributed by atoms with E-state index in [1.807, 2.05) is 6.20 Å². The maximum atomic E-state index is 3.61. The second kappa shape index (κ2) is 6.45. The molecule has 1 aliphatic rings. The van der Waals surface area contributed by atoms with Crippen molar-refractivity contribution in [1.29, 1.82) is 0 Å². The Morgan fingerprint density at radius 3 is 3.10 bits per heavy atom. The average molecular weight is 270 g/mol. The van der Waals surface area contributed by atoms with Gasteiger partial charge in [-0.15, -0.1) is 0 Å². The van der Waals surface area contributed by atoms with Gasteiger partial charge >= 0.3 is 0 Å². The lowest BCUT2D eigenvalue weighted by Gasteiger charge is -2.26. The monoisotopic (exact) mass is 270 g/mol. The van der Waals surface area contributed by atoms with E-state index in [1.165, 1.54) is 48.6 Å². The third kappa shape index (κ3) is 3.43. The van der Waals surface area contributed by atoms with Crippen molar-refractivity contribution in [2.45, 2.75) is 45.6 Å². The highest BCUT2D eigenvalue weighted by atomic mass is 14.8. The first-order valence-electron chi connectivity index (χ1n) is 8.08. The van der Waals surface area contributed by atoms with Crippen molar-refractivity contribution >= 4 is 10.9 Å². The SMILES string of the molecule is CC1CCCC(CCNCc2ccc3cc[nH]c3c2)C1. The van der Waals surface area contributed by atoms with Gasteiger partial charge in [0.2, 0.25) is 0 Å². The predicted molar refractivity (Wildman–Crippen MR) is 85.7 cm³/mol. The van der Waals surface area contributed by atoms with Crippen LogP contribution in [0.4, 0.5) is 0 Å². The number of fused-ring (bicyclic) bond motifs is 1. The Labute approximate surface area is 122 Å². The van der Waals surface area contributed by atoms with E-state index < -0.39 is 0 Å². The van der Waals surface area contributed by atoms with Crippen LogP contribution in [0.5, 0.6) is 0 Å². The molecule has 2 N–H and O–H groups in total. The first kappa shape index (κ1) is 13.7. The van der Waals surface area contributed by atoms with Gasteiger partial charge in [0, 0.05) is 18.3 Å². The van der Waals surface area contributed by atoms with Crippen molar-refractivity contribution in [2.24, 2.45) is 11.8 Å². The molecular weight excluding hydrogens is 244 g/mol. The summed E-state index contributed by atoms with van der Waals surface area (Å²) in [7, 11) is 0. The van der Waals surface area contributed by atoms with Crippen LogP contribution in [0.1, 0.15) is 44.6 Å². The first-order valence-corrected chi connectivity index (χ1v) is 8.08. The lowest BCUT2D eigenvalue weighted by atomic mass is 9.81. The van der Waals surface area contributed by atoms with Crippen LogP contribution in [-0.2, 0) is 6.54 Å². The third-order valence-electron chi connectivity index (χ3n) is 4.72. The topological polar surface area (TPSA) is 27.8 Å². The third-order valence-corrected chi connectivity index (χ3v) is 4.72. The van der Waals surface area contributed by atoms with Crippen LogP contribution in [-0.4, -0.2) is 11.5 Å².